The van der Waals surface area contributed by atoms with Gasteiger partial charge in [-0.3, -0.25) is 0 Å². The molecule has 1 aromatic carbocycles. The molecule has 98 valence electrons. The first-order valence-corrected chi connectivity index (χ1v) is 5.93. The van der Waals surface area contributed by atoms with Gasteiger partial charge in [0.15, 0.2) is 11.4 Å². The second-order valence-electron chi connectivity index (χ2n) is 4.07. The molecule has 1 aromatic heterocycles. The number of aromatic nitrogens is 1. The minimum atomic E-state index is -0.494. The van der Waals surface area contributed by atoms with Gasteiger partial charge in [-0.25, -0.2) is 9.78 Å². The minimum absolute atomic E-state index is 0.207. The number of carbonyl (C=O) groups excluding carboxylic acids is 1. The maximum Gasteiger partial charge on any atom is 0.360 e. The van der Waals surface area contributed by atoms with Crippen molar-refractivity contribution in [3.63, 3.8) is 0 Å². The minimum Gasteiger partial charge on any atom is -0.486 e. The summed E-state index contributed by atoms with van der Waals surface area (Å²) in [5.74, 6) is -0.0620. The molecule has 4 nitrogen and oxygen atoms in total. The lowest BCUT2D eigenvalue weighted by molar-refractivity contribution is 0.0588. The SMILES string of the molecule is COC(=O)c1nc(C)ccc1OCc1ccccc1. The molecule has 0 aliphatic rings. The summed E-state index contributed by atoms with van der Waals surface area (Å²) in [7, 11) is 1.33. The Morgan fingerprint density at radius 1 is 1.16 bits per heavy atom. The van der Waals surface area contributed by atoms with Crippen molar-refractivity contribution in [2.75, 3.05) is 7.11 Å². The summed E-state index contributed by atoms with van der Waals surface area (Å²) in [6.45, 7) is 2.20. The third-order valence-electron chi connectivity index (χ3n) is 2.61. The first-order valence-electron chi connectivity index (χ1n) is 5.93. The van der Waals surface area contributed by atoms with E-state index in [1.165, 1.54) is 7.11 Å². The van der Waals surface area contributed by atoms with Gasteiger partial charge in [0, 0.05) is 5.69 Å². The van der Waals surface area contributed by atoms with Gasteiger partial charge in [0.05, 0.1) is 7.11 Å². The molecular weight excluding hydrogens is 242 g/mol. The fraction of sp³-hybridized carbons (Fsp3) is 0.200. The second-order valence-corrected chi connectivity index (χ2v) is 4.07. The van der Waals surface area contributed by atoms with Crippen LogP contribution in [0.2, 0.25) is 0 Å². The molecule has 0 saturated heterocycles. The van der Waals surface area contributed by atoms with Gasteiger partial charge in [-0.2, -0.15) is 0 Å². The molecule has 0 bridgehead atoms. The van der Waals surface area contributed by atoms with Crippen LogP contribution in [0.5, 0.6) is 5.75 Å². The van der Waals surface area contributed by atoms with Crippen LogP contribution in [0.15, 0.2) is 42.5 Å². The van der Waals surface area contributed by atoms with E-state index in [2.05, 4.69) is 4.98 Å². The van der Waals surface area contributed by atoms with E-state index in [9.17, 15) is 4.79 Å². The Morgan fingerprint density at radius 3 is 2.58 bits per heavy atom. The average molecular weight is 257 g/mol. The molecule has 0 saturated carbocycles. The number of ether oxygens (including phenoxy) is 2. The lowest BCUT2D eigenvalue weighted by Gasteiger charge is -2.10. The number of benzene rings is 1. The van der Waals surface area contributed by atoms with Gasteiger partial charge in [-0.1, -0.05) is 30.3 Å². The number of rotatable bonds is 4. The Kier molecular flexibility index (Phi) is 4.13. The third kappa shape index (κ3) is 3.31. The number of hydrogen-bond donors (Lipinski definition) is 0. The highest BCUT2D eigenvalue weighted by Crippen LogP contribution is 2.19. The monoisotopic (exact) mass is 257 g/mol. The first kappa shape index (κ1) is 13.1. The molecule has 2 aromatic rings. The Bertz CT molecular complexity index is 567. The maximum atomic E-state index is 11.6. The smallest absolute Gasteiger partial charge is 0.360 e. The van der Waals surface area contributed by atoms with E-state index < -0.39 is 5.97 Å². The lowest BCUT2D eigenvalue weighted by Crippen LogP contribution is -2.09. The van der Waals surface area contributed by atoms with E-state index in [0.717, 1.165) is 11.3 Å². The second kappa shape index (κ2) is 6.00. The molecule has 0 spiro atoms. The van der Waals surface area contributed by atoms with Crippen LogP contribution in [0.4, 0.5) is 0 Å². The fourth-order valence-corrected chi connectivity index (χ4v) is 1.64. The summed E-state index contributed by atoms with van der Waals surface area (Å²) in [6, 6.07) is 13.3. The third-order valence-corrected chi connectivity index (χ3v) is 2.61. The highest BCUT2D eigenvalue weighted by Gasteiger charge is 2.15. The van der Waals surface area contributed by atoms with Crippen molar-refractivity contribution in [3.8, 4) is 5.75 Å². The topological polar surface area (TPSA) is 48.4 Å². The lowest BCUT2D eigenvalue weighted by atomic mass is 10.2. The average Bonchev–Trinajstić information content (AvgIpc) is 2.46. The molecule has 1 heterocycles. The quantitative estimate of drug-likeness (QED) is 0.790. The van der Waals surface area contributed by atoms with E-state index in [4.69, 9.17) is 9.47 Å². The van der Waals surface area contributed by atoms with Crippen LogP contribution in [0.3, 0.4) is 0 Å². The zero-order valence-electron chi connectivity index (χ0n) is 10.9. The molecule has 0 fully saturated rings. The number of carbonyl (C=O) groups is 1. The molecule has 0 aliphatic carbocycles. The van der Waals surface area contributed by atoms with Crippen molar-refractivity contribution in [2.45, 2.75) is 13.5 Å². The van der Waals surface area contributed by atoms with Crippen molar-refractivity contribution in [3.05, 3.63) is 59.4 Å². The molecule has 4 heteroatoms. The number of hydrogen-bond acceptors (Lipinski definition) is 4. The number of esters is 1. The van der Waals surface area contributed by atoms with Crippen LogP contribution in [-0.4, -0.2) is 18.1 Å². The molecule has 0 aliphatic heterocycles. The van der Waals surface area contributed by atoms with Crippen LogP contribution in [0.1, 0.15) is 21.7 Å². The summed E-state index contributed by atoms with van der Waals surface area (Å²) in [6.07, 6.45) is 0. The number of aryl methyl sites for hydroxylation is 1. The van der Waals surface area contributed by atoms with Gasteiger partial charge in [0.25, 0.3) is 0 Å². The summed E-state index contributed by atoms with van der Waals surface area (Å²) >= 11 is 0. The molecule has 0 N–H and O–H groups in total. The maximum absolute atomic E-state index is 11.6. The molecular formula is C15H15NO3. The predicted octanol–water partition coefficient (Wildman–Crippen LogP) is 2.76. The molecule has 19 heavy (non-hydrogen) atoms. The predicted molar refractivity (Wildman–Crippen MR) is 71.1 cm³/mol. The summed E-state index contributed by atoms with van der Waals surface area (Å²) in [4.78, 5) is 15.8. The van der Waals surface area contributed by atoms with Crippen LogP contribution in [-0.2, 0) is 11.3 Å². The van der Waals surface area contributed by atoms with Crippen LogP contribution in [0.25, 0.3) is 0 Å². The van der Waals surface area contributed by atoms with Crippen LogP contribution < -0.4 is 4.74 Å². The molecule has 2 rings (SSSR count). The van der Waals surface area contributed by atoms with E-state index >= 15 is 0 Å². The number of nitrogens with zero attached hydrogens (tertiary/aromatic N) is 1. The Hall–Kier alpha value is -2.36. The zero-order valence-corrected chi connectivity index (χ0v) is 10.9. The van der Waals surface area contributed by atoms with E-state index in [1.807, 2.05) is 37.3 Å². The van der Waals surface area contributed by atoms with E-state index in [0.29, 0.717) is 12.4 Å². The van der Waals surface area contributed by atoms with Crippen LogP contribution in [0, 0.1) is 6.92 Å². The highest BCUT2D eigenvalue weighted by molar-refractivity contribution is 5.90. The number of pyridine rings is 1. The molecule has 0 unspecified atom stereocenters. The van der Waals surface area contributed by atoms with Gasteiger partial charge >= 0.3 is 5.97 Å². The van der Waals surface area contributed by atoms with Crippen LogP contribution >= 0.6 is 0 Å². The van der Waals surface area contributed by atoms with Gasteiger partial charge in [-0.15, -0.1) is 0 Å². The molecule has 0 amide bonds. The summed E-state index contributed by atoms with van der Waals surface area (Å²) < 4.78 is 10.3. The van der Waals surface area contributed by atoms with Crippen molar-refractivity contribution in [2.24, 2.45) is 0 Å². The van der Waals surface area contributed by atoms with E-state index in [-0.39, 0.29) is 5.69 Å². The van der Waals surface area contributed by atoms with Gasteiger partial charge in [0.2, 0.25) is 0 Å². The Labute approximate surface area is 112 Å². The zero-order chi connectivity index (χ0) is 13.7. The number of methoxy groups -OCH3 is 1. The Balaban J connectivity index is 2.18. The standard InChI is InChI=1S/C15H15NO3/c1-11-8-9-13(14(16-11)15(17)18-2)19-10-12-6-4-3-5-7-12/h3-9H,10H2,1-2H3. The fourth-order valence-electron chi connectivity index (χ4n) is 1.64. The largest absolute Gasteiger partial charge is 0.486 e. The summed E-state index contributed by atoms with van der Waals surface area (Å²) in [5.41, 5.74) is 1.98. The van der Waals surface area contributed by atoms with Crippen molar-refractivity contribution < 1.29 is 14.3 Å². The normalized spacial score (nSPS) is 10.0. The molecule has 0 radical (unpaired) electrons. The Morgan fingerprint density at radius 2 is 1.89 bits per heavy atom. The van der Waals surface area contributed by atoms with Gasteiger partial charge < -0.3 is 9.47 Å². The van der Waals surface area contributed by atoms with Gasteiger partial charge in [0.1, 0.15) is 6.61 Å². The van der Waals surface area contributed by atoms with Crippen molar-refractivity contribution in [1.82, 2.24) is 4.98 Å². The summed E-state index contributed by atoms with van der Waals surface area (Å²) in [5, 5.41) is 0. The van der Waals surface area contributed by atoms with Gasteiger partial charge in [-0.05, 0) is 24.6 Å². The first-order chi connectivity index (χ1) is 9.20. The molecule has 0 atom stereocenters. The van der Waals surface area contributed by atoms with E-state index in [1.54, 1.807) is 12.1 Å². The van der Waals surface area contributed by atoms with Crippen molar-refractivity contribution in [1.29, 1.82) is 0 Å². The van der Waals surface area contributed by atoms with Crippen molar-refractivity contribution >= 4 is 5.97 Å². The highest BCUT2D eigenvalue weighted by atomic mass is 16.5.